The lowest BCUT2D eigenvalue weighted by molar-refractivity contribution is -0.130. The van der Waals surface area contributed by atoms with Gasteiger partial charge in [0.1, 0.15) is 0 Å². The minimum Gasteiger partial charge on any atom is -0.343 e. The summed E-state index contributed by atoms with van der Waals surface area (Å²) in [6.07, 6.45) is 8.58. The molecule has 3 nitrogen and oxygen atoms in total. The van der Waals surface area contributed by atoms with Crippen LogP contribution in [0.4, 0.5) is 0 Å². The Morgan fingerprint density at radius 3 is 2.53 bits per heavy atom. The Balaban J connectivity index is 1.59. The fourth-order valence-electron chi connectivity index (χ4n) is 3.16. The van der Waals surface area contributed by atoms with Gasteiger partial charge in [0.25, 0.3) is 0 Å². The molecule has 1 heterocycles. The molecular formula is C14H26N2O. The quantitative estimate of drug-likeness (QED) is 0.796. The van der Waals surface area contributed by atoms with E-state index in [4.69, 9.17) is 0 Å². The van der Waals surface area contributed by atoms with Crippen LogP contribution in [-0.2, 0) is 4.79 Å². The van der Waals surface area contributed by atoms with Crippen molar-refractivity contribution in [1.29, 1.82) is 0 Å². The first-order valence-corrected chi connectivity index (χ1v) is 7.28. The molecule has 1 atom stereocenters. The maximum absolute atomic E-state index is 11.8. The Bertz CT molecular complexity index is 243. The van der Waals surface area contributed by atoms with Gasteiger partial charge >= 0.3 is 0 Å². The van der Waals surface area contributed by atoms with Crippen LogP contribution in [0.25, 0.3) is 0 Å². The number of carbonyl (C=O) groups is 1. The summed E-state index contributed by atoms with van der Waals surface area (Å²) in [6.45, 7) is 5.09. The normalized spacial score (nSPS) is 23.2. The summed E-state index contributed by atoms with van der Waals surface area (Å²) in [5.74, 6) is 1.19. The van der Waals surface area contributed by atoms with Gasteiger partial charge in [-0.15, -0.1) is 0 Å². The van der Waals surface area contributed by atoms with E-state index in [1.54, 1.807) is 0 Å². The highest BCUT2D eigenvalue weighted by Crippen LogP contribution is 2.27. The van der Waals surface area contributed by atoms with E-state index in [9.17, 15) is 4.79 Å². The summed E-state index contributed by atoms with van der Waals surface area (Å²) < 4.78 is 0. The lowest BCUT2D eigenvalue weighted by Crippen LogP contribution is -2.36. The highest BCUT2D eigenvalue weighted by Gasteiger charge is 2.22. The van der Waals surface area contributed by atoms with E-state index in [0.717, 1.165) is 25.6 Å². The average molecular weight is 238 g/mol. The zero-order valence-corrected chi connectivity index (χ0v) is 11.1. The Morgan fingerprint density at radius 1 is 1.24 bits per heavy atom. The molecule has 0 aromatic rings. The molecule has 1 saturated carbocycles. The first kappa shape index (κ1) is 12.9. The molecule has 98 valence electrons. The lowest BCUT2D eigenvalue weighted by Gasteiger charge is -2.21. The highest BCUT2D eigenvalue weighted by molar-refractivity contribution is 5.76. The van der Waals surface area contributed by atoms with E-state index in [-0.39, 0.29) is 0 Å². The predicted octanol–water partition coefficient (Wildman–Crippen LogP) is 2.17. The predicted molar refractivity (Wildman–Crippen MR) is 69.9 cm³/mol. The molecule has 0 spiro atoms. The Morgan fingerprint density at radius 2 is 1.88 bits per heavy atom. The summed E-state index contributed by atoms with van der Waals surface area (Å²) >= 11 is 0. The molecule has 0 radical (unpaired) electrons. The topological polar surface area (TPSA) is 32.3 Å². The SMILES string of the molecule is CC(NCCC(=O)N1CCCC1)C1CCCC1. The third-order valence-corrected chi connectivity index (χ3v) is 4.37. The Kier molecular flexibility index (Phi) is 4.84. The summed E-state index contributed by atoms with van der Waals surface area (Å²) in [7, 11) is 0. The van der Waals surface area contributed by atoms with Gasteiger partial charge in [-0.1, -0.05) is 12.8 Å². The molecule has 17 heavy (non-hydrogen) atoms. The third-order valence-electron chi connectivity index (χ3n) is 4.37. The average Bonchev–Trinajstić information content (AvgIpc) is 3.02. The summed E-state index contributed by atoms with van der Waals surface area (Å²) in [5, 5.41) is 3.53. The second kappa shape index (κ2) is 6.39. The van der Waals surface area contributed by atoms with Crippen molar-refractivity contribution in [3.05, 3.63) is 0 Å². The number of rotatable bonds is 5. The van der Waals surface area contributed by atoms with Crippen LogP contribution in [0.5, 0.6) is 0 Å². The fourth-order valence-corrected chi connectivity index (χ4v) is 3.16. The number of carbonyl (C=O) groups excluding carboxylic acids is 1. The van der Waals surface area contributed by atoms with E-state index in [1.165, 1.54) is 38.5 Å². The van der Waals surface area contributed by atoms with E-state index in [1.807, 2.05) is 4.90 Å². The molecule has 1 aliphatic carbocycles. The minimum absolute atomic E-state index is 0.341. The van der Waals surface area contributed by atoms with Crippen LogP contribution < -0.4 is 5.32 Å². The lowest BCUT2D eigenvalue weighted by atomic mass is 10.00. The van der Waals surface area contributed by atoms with Gasteiger partial charge in [0.05, 0.1) is 0 Å². The molecule has 1 aliphatic heterocycles. The molecule has 2 aliphatic rings. The van der Waals surface area contributed by atoms with Crippen molar-refractivity contribution >= 4 is 5.91 Å². The van der Waals surface area contributed by atoms with E-state index < -0.39 is 0 Å². The number of likely N-dealkylation sites (tertiary alicyclic amines) is 1. The molecule has 0 bridgehead atoms. The highest BCUT2D eigenvalue weighted by atomic mass is 16.2. The van der Waals surface area contributed by atoms with Crippen molar-refractivity contribution in [2.24, 2.45) is 5.92 Å². The van der Waals surface area contributed by atoms with E-state index >= 15 is 0 Å². The number of hydrogen-bond donors (Lipinski definition) is 1. The Hall–Kier alpha value is -0.570. The number of nitrogens with zero attached hydrogens (tertiary/aromatic N) is 1. The van der Waals surface area contributed by atoms with Gasteiger partial charge in [-0.25, -0.2) is 0 Å². The molecule has 1 unspecified atom stereocenters. The first-order chi connectivity index (χ1) is 8.27. The summed E-state index contributed by atoms with van der Waals surface area (Å²) in [6, 6.07) is 0.587. The Labute approximate surface area is 105 Å². The molecule has 0 aromatic heterocycles. The molecule has 1 saturated heterocycles. The van der Waals surface area contributed by atoms with Crippen LogP contribution >= 0.6 is 0 Å². The van der Waals surface area contributed by atoms with Gasteiger partial charge in [0.2, 0.25) is 5.91 Å². The van der Waals surface area contributed by atoms with Gasteiger partial charge in [0, 0.05) is 32.1 Å². The molecular weight excluding hydrogens is 212 g/mol. The zero-order valence-electron chi connectivity index (χ0n) is 11.1. The van der Waals surface area contributed by atoms with Crippen LogP contribution in [0.2, 0.25) is 0 Å². The van der Waals surface area contributed by atoms with Crippen molar-refractivity contribution in [2.45, 2.75) is 57.9 Å². The van der Waals surface area contributed by atoms with Crippen LogP contribution in [-0.4, -0.2) is 36.5 Å². The third kappa shape index (κ3) is 3.70. The first-order valence-electron chi connectivity index (χ1n) is 7.28. The molecule has 2 rings (SSSR count). The van der Waals surface area contributed by atoms with Crippen molar-refractivity contribution in [3.63, 3.8) is 0 Å². The van der Waals surface area contributed by atoms with Crippen molar-refractivity contribution in [2.75, 3.05) is 19.6 Å². The summed E-state index contributed by atoms with van der Waals surface area (Å²) in [5.41, 5.74) is 0. The van der Waals surface area contributed by atoms with Gasteiger partial charge in [-0.3, -0.25) is 4.79 Å². The van der Waals surface area contributed by atoms with E-state index in [0.29, 0.717) is 18.4 Å². The fraction of sp³-hybridized carbons (Fsp3) is 0.929. The molecule has 1 N–H and O–H groups in total. The monoisotopic (exact) mass is 238 g/mol. The zero-order chi connectivity index (χ0) is 12.1. The standard InChI is InChI=1S/C14H26N2O/c1-12(13-6-2-3-7-13)15-9-8-14(17)16-10-4-5-11-16/h12-13,15H,2-11H2,1H3. The minimum atomic E-state index is 0.341. The molecule has 1 amide bonds. The smallest absolute Gasteiger partial charge is 0.223 e. The van der Waals surface area contributed by atoms with Crippen molar-refractivity contribution in [1.82, 2.24) is 10.2 Å². The van der Waals surface area contributed by atoms with E-state index in [2.05, 4.69) is 12.2 Å². The second-order valence-corrected chi connectivity index (χ2v) is 5.63. The maximum atomic E-state index is 11.8. The van der Waals surface area contributed by atoms with Gasteiger partial charge in [-0.05, 0) is 38.5 Å². The van der Waals surface area contributed by atoms with Crippen molar-refractivity contribution in [3.8, 4) is 0 Å². The summed E-state index contributed by atoms with van der Waals surface area (Å²) in [4.78, 5) is 13.8. The van der Waals surface area contributed by atoms with Crippen LogP contribution in [0, 0.1) is 5.92 Å². The molecule has 0 aromatic carbocycles. The van der Waals surface area contributed by atoms with Crippen LogP contribution in [0.1, 0.15) is 51.9 Å². The van der Waals surface area contributed by atoms with Crippen LogP contribution in [0.15, 0.2) is 0 Å². The van der Waals surface area contributed by atoms with Gasteiger partial charge in [-0.2, -0.15) is 0 Å². The second-order valence-electron chi connectivity index (χ2n) is 5.63. The van der Waals surface area contributed by atoms with Gasteiger partial charge in [0.15, 0.2) is 0 Å². The number of hydrogen-bond acceptors (Lipinski definition) is 2. The van der Waals surface area contributed by atoms with Gasteiger partial charge < -0.3 is 10.2 Å². The van der Waals surface area contributed by atoms with Crippen molar-refractivity contribution < 1.29 is 4.79 Å². The van der Waals surface area contributed by atoms with Crippen LogP contribution in [0.3, 0.4) is 0 Å². The molecule has 3 heteroatoms. The largest absolute Gasteiger partial charge is 0.343 e. The maximum Gasteiger partial charge on any atom is 0.223 e. The number of nitrogens with one attached hydrogen (secondary N) is 1. The molecule has 2 fully saturated rings. The number of amides is 1.